The Morgan fingerprint density at radius 3 is 2.87 bits per heavy atom. The molecule has 0 bridgehead atoms. The lowest BCUT2D eigenvalue weighted by Crippen LogP contribution is -2.03. The third-order valence-corrected chi connectivity index (χ3v) is 2.82. The number of para-hydroxylation sites is 1. The third kappa shape index (κ3) is 2.59. The van der Waals surface area contributed by atoms with Crippen LogP contribution in [-0.4, -0.2) is 26.3 Å². The predicted molar refractivity (Wildman–Crippen MR) is 77.9 cm³/mol. The first-order valence-corrected chi connectivity index (χ1v) is 6.17. The van der Waals surface area contributed by atoms with Crippen molar-refractivity contribution in [3.63, 3.8) is 0 Å². The van der Waals surface area contributed by atoms with Crippen LogP contribution in [0.4, 0.5) is 5.69 Å². The summed E-state index contributed by atoms with van der Waals surface area (Å²) in [6, 6.07) is 9.25. The SMILES string of the molecule is N#CC(C#N)=NNc1cccc2c(=O)cc(-c3nn[nH]n3)oc12. The molecular formula is C13H6N8O2. The summed E-state index contributed by atoms with van der Waals surface area (Å²) in [4.78, 5) is 12.2. The fourth-order valence-corrected chi connectivity index (χ4v) is 1.83. The van der Waals surface area contributed by atoms with Crippen LogP contribution >= 0.6 is 0 Å². The number of anilines is 1. The molecule has 10 nitrogen and oxygen atoms in total. The number of hydrogen-bond donors (Lipinski definition) is 2. The number of nitrogens with zero attached hydrogens (tertiary/aromatic N) is 6. The lowest BCUT2D eigenvalue weighted by molar-refractivity contribution is 0.613. The van der Waals surface area contributed by atoms with E-state index in [9.17, 15) is 4.79 Å². The van der Waals surface area contributed by atoms with Crippen LogP contribution in [0.5, 0.6) is 0 Å². The van der Waals surface area contributed by atoms with Gasteiger partial charge in [0.1, 0.15) is 12.1 Å². The van der Waals surface area contributed by atoms with E-state index in [0.29, 0.717) is 11.1 Å². The third-order valence-electron chi connectivity index (χ3n) is 2.82. The molecule has 1 aromatic carbocycles. The Morgan fingerprint density at radius 1 is 1.35 bits per heavy atom. The number of nitriles is 2. The Kier molecular flexibility index (Phi) is 3.48. The zero-order valence-electron chi connectivity index (χ0n) is 11.3. The van der Waals surface area contributed by atoms with E-state index in [1.165, 1.54) is 6.07 Å². The molecule has 2 N–H and O–H groups in total. The minimum Gasteiger partial charge on any atom is -0.450 e. The van der Waals surface area contributed by atoms with Crippen molar-refractivity contribution >= 4 is 22.4 Å². The maximum atomic E-state index is 12.2. The second-order valence-electron chi connectivity index (χ2n) is 4.19. The van der Waals surface area contributed by atoms with E-state index in [0.717, 1.165) is 0 Å². The maximum absolute atomic E-state index is 12.2. The number of nitrogens with one attached hydrogen (secondary N) is 2. The van der Waals surface area contributed by atoms with Gasteiger partial charge >= 0.3 is 0 Å². The highest BCUT2D eigenvalue weighted by Gasteiger charge is 2.13. The van der Waals surface area contributed by atoms with Crippen LogP contribution in [0.25, 0.3) is 22.6 Å². The Labute approximate surface area is 127 Å². The number of aromatic amines is 1. The van der Waals surface area contributed by atoms with Gasteiger partial charge in [-0.2, -0.15) is 20.8 Å². The molecule has 3 rings (SSSR count). The molecule has 0 aliphatic carbocycles. The van der Waals surface area contributed by atoms with Gasteiger partial charge in [-0.15, -0.1) is 10.2 Å². The zero-order chi connectivity index (χ0) is 16.2. The average molecular weight is 306 g/mol. The number of hydrazone groups is 1. The number of H-pyrrole nitrogens is 1. The van der Waals surface area contributed by atoms with Crippen LogP contribution in [0.2, 0.25) is 0 Å². The predicted octanol–water partition coefficient (Wildman–Crippen LogP) is 0.788. The lowest BCUT2D eigenvalue weighted by Gasteiger charge is -2.05. The summed E-state index contributed by atoms with van der Waals surface area (Å²) in [5, 5.41) is 34.5. The summed E-state index contributed by atoms with van der Waals surface area (Å²) >= 11 is 0. The first-order chi connectivity index (χ1) is 11.2. The van der Waals surface area contributed by atoms with Gasteiger partial charge in [-0.25, -0.2) is 0 Å². The normalized spacial score (nSPS) is 9.83. The quantitative estimate of drug-likeness (QED) is 0.531. The van der Waals surface area contributed by atoms with Gasteiger partial charge in [0.2, 0.25) is 11.5 Å². The second-order valence-corrected chi connectivity index (χ2v) is 4.19. The van der Waals surface area contributed by atoms with Crippen LogP contribution in [-0.2, 0) is 0 Å². The first-order valence-electron chi connectivity index (χ1n) is 6.17. The highest BCUT2D eigenvalue weighted by molar-refractivity contribution is 6.10. The van der Waals surface area contributed by atoms with Crippen molar-refractivity contribution < 1.29 is 4.42 Å². The van der Waals surface area contributed by atoms with Crippen LogP contribution < -0.4 is 10.9 Å². The minimum atomic E-state index is -0.362. The van der Waals surface area contributed by atoms with Crippen LogP contribution in [0.15, 0.2) is 38.6 Å². The van der Waals surface area contributed by atoms with Gasteiger partial charge in [-0.05, 0) is 17.3 Å². The summed E-state index contributed by atoms with van der Waals surface area (Å²) < 4.78 is 5.64. The Balaban J connectivity index is 2.16. The van der Waals surface area contributed by atoms with Crippen molar-refractivity contribution in [2.45, 2.75) is 0 Å². The molecule has 0 aliphatic rings. The van der Waals surface area contributed by atoms with Gasteiger partial charge < -0.3 is 4.42 Å². The second kappa shape index (κ2) is 5.75. The van der Waals surface area contributed by atoms with Crippen molar-refractivity contribution in [1.82, 2.24) is 20.6 Å². The highest BCUT2D eigenvalue weighted by atomic mass is 16.3. The molecule has 0 amide bonds. The molecule has 0 unspecified atom stereocenters. The Hall–Kier alpha value is -4.05. The van der Waals surface area contributed by atoms with Gasteiger partial charge in [0, 0.05) is 6.07 Å². The van der Waals surface area contributed by atoms with Gasteiger partial charge in [0.15, 0.2) is 16.8 Å². The van der Waals surface area contributed by atoms with Crippen LogP contribution in [0.1, 0.15) is 0 Å². The topological polar surface area (TPSA) is 157 Å². The van der Waals surface area contributed by atoms with Crippen molar-refractivity contribution in [3.8, 4) is 23.7 Å². The molecule has 0 fully saturated rings. The maximum Gasteiger partial charge on any atom is 0.239 e. The van der Waals surface area contributed by atoms with E-state index in [4.69, 9.17) is 14.9 Å². The molecule has 3 aromatic rings. The number of aromatic nitrogens is 4. The minimum absolute atomic E-state index is 0.121. The molecule has 0 aliphatic heterocycles. The fraction of sp³-hybridized carbons (Fsp3) is 0. The lowest BCUT2D eigenvalue weighted by atomic mass is 10.2. The van der Waals surface area contributed by atoms with E-state index >= 15 is 0 Å². The van der Waals surface area contributed by atoms with Gasteiger partial charge in [0.05, 0.1) is 11.1 Å². The monoisotopic (exact) mass is 306 g/mol. The Morgan fingerprint density at radius 2 is 2.17 bits per heavy atom. The number of tetrazole rings is 1. The molecule has 0 atom stereocenters. The smallest absolute Gasteiger partial charge is 0.239 e. The van der Waals surface area contributed by atoms with Crippen LogP contribution in [0, 0.1) is 22.7 Å². The average Bonchev–Trinajstić information content (AvgIpc) is 3.10. The summed E-state index contributed by atoms with van der Waals surface area (Å²) in [6.45, 7) is 0. The molecular weight excluding hydrogens is 300 g/mol. The fourth-order valence-electron chi connectivity index (χ4n) is 1.83. The largest absolute Gasteiger partial charge is 0.450 e. The molecule has 0 radical (unpaired) electrons. The van der Waals surface area contributed by atoms with Crippen molar-refractivity contribution in [3.05, 3.63) is 34.5 Å². The molecule has 2 heterocycles. The van der Waals surface area contributed by atoms with Gasteiger partial charge in [0.25, 0.3) is 0 Å². The van der Waals surface area contributed by atoms with E-state index in [1.807, 2.05) is 0 Å². The molecule has 110 valence electrons. The summed E-state index contributed by atoms with van der Waals surface area (Å²) in [5.74, 6) is 0.243. The summed E-state index contributed by atoms with van der Waals surface area (Å²) in [7, 11) is 0. The number of hydrogen-bond acceptors (Lipinski definition) is 9. The molecule has 23 heavy (non-hydrogen) atoms. The highest BCUT2D eigenvalue weighted by Crippen LogP contribution is 2.25. The number of fused-ring (bicyclic) bond motifs is 1. The molecule has 10 heteroatoms. The number of benzene rings is 1. The molecule has 2 aromatic heterocycles. The van der Waals surface area contributed by atoms with Crippen molar-refractivity contribution in [1.29, 1.82) is 10.5 Å². The van der Waals surface area contributed by atoms with Crippen molar-refractivity contribution in [2.24, 2.45) is 5.10 Å². The molecule has 0 spiro atoms. The van der Waals surface area contributed by atoms with E-state index in [2.05, 4.69) is 31.2 Å². The summed E-state index contributed by atoms with van der Waals surface area (Å²) in [6.07, 6.45) is 0. The van der Waals surface area contributed by atoms with E-state index in [1.54, 1.807) is 30.3 Å². The van der Waals surface area contributed by atoms with Gasteiger partial charge in [-0.3, -0.25) is 10.2 Å². The van der Waals surface area contributed by atoms with Gasteiger partial charge in [-0.1, -0.05) is 6.07 Å². The first kappa shape index (κ1) is 13.9. The molecule has 0 saturated heterocycles. The molecule has 0 saturated carbocycles. The number of rotatable bonds is 3. The van der Waals surface area contributed by atoms with E-state index in [-0.39, 0.29) is 28.3 Å². The van der Waals surface area contributed by atoms with Crippen LogP contribution in [0.3, 0.4) is 0 Å². The Bertz CT molecular complexity index is 1020. The van der Waals surface area contributed by atoms with Crippen molar-refractivity contribution in [2.75, 3.05) is 5.43 Å². The van der Waals surface area contributed by atoms with E-state index < -0.39 is 0 Å². The zero-order valence-corrected chi connectivity index (χ0v) is 11.3. The standard InChI is InChI=1S/C13H6N8O2/c14-5-7(6-15)16-17-9-3-1-2-8-10(22)4-11(23-12(8)9)13-18-20-21-19-13/h1-4,17H,(H,18,19,20,21). The summed E-state index contributed by atoms with van der Waals surface area (Å²) in [5.41, 5.74) is 2.37.